The Morgan fingerprint density at radius 2 is 1.93 bits per heavy atom. The van der Waals surface area contributed by atoms with E-state index < -0.39 is 0 Å². The summed E-state index contributed by atoms with van der Waals surface area (Å²) in [5.74, 6) is 1.61. The van der Waals surface area contributed by atoms with Crippen LogP contribution in [0.1, 0.15) is 43.7 Å². The molecular formula is C23H33N3O. The number of piperidine rings is 2. The number of aromatic nitrogens is 1. The molecule has 27 heavy (non-hydrogen) atoms. The monoisotopic (exact) mass is 367 g/mol. The van der Waals surface area contributed by atoms with Crippen molar-refractivity contribution in [2.24, 2.45) is 5.92 Å². The van der Waals surface area contributed by atoms with Gasteiger partial charge < -0.3 is 10.0 Å². The first-order valence-electron chi connectivity index (χ1n) is 10.7. The summed E-state index contributed by atoms with van der Waals surface area (Å²) in [6, 6.07) is 9.62. The lowest BCUT2D eigenvalue weighted by Crippen LogP contribution is -2.49. The Morgan fingerprint density at radius 1 is 1.11 bits per heavy atom. The first-order valence-corrected chi connectivity index (χ1v) is 10.7. The van der Waals surface area contributed by atoms with Gasteiger partial charge in [0.15, 0.2) is 0 Å². The summed E-state index contributed by atoms with van der Waals surface area (Å²) in [4.78, 5) is 10.1. The van der Waals surface area contributed by atoms with Gasteiger partial charge in [0.05, 0.1) is 5.52 Å². The standard InChI is InChI=1S/C23H33N3O/c1-3-18-6-7-22-21(14-18)17(2)13-23(24-22)25-11-8-20(9-12-25)26-10-4-5-19(15-26)16-27/h6-7,13-14,19-20,27H,3-5,8-12,15-16H2,1-2H3/t19-/m1/s1. The molecule has 2 fully saturated rings. The number of benzene rings is 1. The van der Waals surface area contributed by atoms with E-state index in [1.165, 1.54) is 48.7 Å². The molecule has 0 bridgehead atoms. The predicted octanol–water partition coefficient (Wildman–Crippen LogP) is 3.78. The second kappa shape index (κ2) is 8.15. The molecule has 1 aromatic heterocycles. The van der Waals surface area contributed by atoms with Crippen molar-refractivity contribution in [3.05, 3.63) is 35.4 Å². The number of aliphatic hydroxyl groups excluding tert-OH is 1. The van der Waals surface area contributed by atoms with E-state index in [1.54, 1.807) is 0 Å². The van der Waals surface area contributed by atoms with Crippen molar-refractivity contribution in [3.8, 4) is 0 Å². The maximum atomic E-state index is 9.50. The van der Waals surface area contributed by atoms with E-state index in [2.05, 4.69) is 47.9 Å². The Hall–Kier alpha value is -1.65. The Balaban J connectivity index is 1.45. The van der Waals surface area contributed by atoms with Gasteiger partial charge in [0, 0.05) is 37.7 Å². The van der Waals surface area contributed by atoms with Gasteiger partial charge >= 0.3 is 0 Å². The van der Waals surface area contributed by atoms with Crippen LogP contribution in [-0.4, -0.2) is 53.8 Å². The van der Waals surface area contributed by atoms with E-state index in [-0.39, 0.29) is 0 Å². The van der Waals surface area contributed by atoms with Crippen molar-refractivity contribution in [1.82, 2.24) is 9.88 Å². The van der Waals surface area contributed by atoms with Gasteiger partial charge in [0.25, 0.3) is 0 Å². The van der Waals surface area contributed by atoms with Crippen LogP contribution >= 0.6 is 0 Å². The first-order chi connectivity index (χ1) is 13.2. The Labute approximate surface area is 163 Å². The van der Waals surface area contributed by atoms with Gasteiger partial charge in [-0.15, -0.1) is 0 Å². The second-order valence-corrected chi connectivity index (χ2v) is 8.41. The van der Waals surface area contributed by atoms with E-state index in [4.69, 9.17) is 4.98 Å². The zero-order chi connectivity index (χ0) is 18.8. The zero-order valence-electron chi connectivity index (χ0n) is 16.8. The Bertz CT molecular complexity index is 783. The average molecular weight is 368 g/mol. The molecular weight excluding hydrogens is 334 g/mol. The highest BCUT2D eigenvalue weighted by atomic mass is 16.3. The van der Waals surface area contributed by atoms with Crippen molar-refractivity contribution in [1.29, 1.82) is 0 Å². The van der Waals surface area contributed by atoms with Crippen molar-refractivity contribution < 1.29 is 5.11 Å². The van der Waals surface area contributed by atoms with Gasteiger partial charge in [0.2, 0.25) is 0 Å². The number of nitrogens with zero attached hydrogens (tertiary/aromatic N) is 3. The van der Waals surface area contributed by atoms with E-state index in [1.807, 2.05) is 0 Å². The van der Waals surface area contributed by atoms with Crippen LogP contribution in [0.5, 0.6) is 0 Å². The van der Waals surface area contributed by atoms with Crippen LogP contribution in [0.3, 0.4) is 0 Å². The number of aryl methyl sites for hydroxylation is 2. The van der Waals surface area contributed by atoms with Gasteiger partial charge in [-0.1, -0.05) is 13.0 Å². The quantitative estimate of drug-likeness (QED) is 0.893. The lowest BCUT2D eigenvalue weighted by molar-refractivity contribution is 0.0777. The van der Waals surface area contributed by atoms with Crippen LogP contribution in [0.2, 0.25) is 0 Å². The number of pyridine rings is 1. The molecule has 2 saturated heterocycles. The minimum absolute atomic E-state index is 0.343. The fourth-order valence-corrected chi connectivity index (χ4v) is 4.84. The van der Waals surface area contributed by atoms with Gasteiger partial charge in [-0.2, -0.15) is 0 Å². The molecule has 1 aromatic carbocycles. The number of anilines is 1. The highest BCUT2D eigenvalue weighted by Gasteiger charge is 2.29. The van der Waals surface area contributed by atoms with E-state index >= 15 is 0 Å². The molecule has 4 rings (SSSR count). The third-order valence-electron chi connectivity index (χ3n) is 6.59. The van der Waals surface area contributed by atoms with Gasteiger partial charge in [0.1, 0.15) is 5.82 Å². The molecule has 0 aliphatic carbocycles. The third-order valence-corrected chi connectivity index (χ3v) is 6.59. The molecule has 3 heterocycles. The SMILES string of the molecule is CCc1ccc2nc(N3CCC(N4CCC[C@@H](CO)C4)CC3)cc(C)c2c1. The zero-order valence-corrected chi connectivity index (χ0v) is 16.8. The van der Waals surface area contributed by atoms with Gasteiger partial charge in [-0.3, -0.25) is 4.90 Å². The predicted molar refractivity (Wildman–Crippen MR) is 112 cm³/mol. The molecule has 146 valence electrons. The Morgan fingerprint density at radius 3 is 2.67 bits per heavy atom. The van der Waals surface area contributed by atoms with Crippen molar-refractivity contribution in [2.75, 3.05) is 37.7 Å². The van der Waals surface area contributed by atoms with E-state index in [0.717, 1.165) is 37.4 Å². The number of fused-ring (bicyclic) bond motifs is 1. The van der Waals surface area contributed by atoms with Crippen LogP contribution in [0.25, 0.3) is 10.9 Å². The lowest BCUT2D eigenvalue weighted by Gasteiger charge is -2.42. The lowest BCUT2D eigenvalue weighted by atomic mass is 9.94. The number of aliphatic hydroxyl groups is 1. The molecule has 0 unspecified atom stereocenters. The van der Waals surface area contributed by atoms with Gasteiger partial charge in [-0.25, -0.2) is 4.98 Å². The highest BCUT2D eigenvalue weighted by molar-refractivity contribution is 5.84. The fraction of sp³-hybridized carbons (Fsp3) is 0.609. The summed E-state index contributed by atoms with van der Waals surface area (Å²) in [5.41, 5.74) is 3.82. The summed E-state index contributed by atoms with van der Waals surface area (Å²) >= 11 is 0. The molecule has 0 saturated carbocycles. The fourth-order valence-electron chi connectivity index (χ4n) is 4.84. The topological polar surface area (TPSA) is 39.6 Å². The van der Waals surface area contributed by atoms with E-state index in [9.17, 15) is 5.11 Å². The minimum Gasteiger partial charge on any atom is -0.396 e. The van der Waals surface area contributed by atoms with Crippen LogP contribution < -0.4 is 4.90 Å². The third kappa shape index (κ3) is 3.97. The van der Waals surface area contributed by atoms with Crippen LogP contribution in [0, 0.1) is 12.8 Å². The van der Waals surface area contributed by atoms with Crippen molar-refractivity contribution in [2.45, 2.75) is 52.0 Å². The molecule has 2 aliphatic heterocycles. The molecule has 4 nitrogen and oxygen atoms in total. The average Bonchev–Trinajstić information content (AvgIpc) is 2.73. The number of hydrogen-bond donors (Lipinski definition) is 1. The normalized spacial score (nSPS) is 22.5. The molecule has 0 spiro atoms. The molecule has 1 atom stereocenters. The Kier molecular flexibility index (Phi) is 5.65. The van der Waals surface area contributed by atoms with Crippen molar-refractivity contribution >= 4 is 16.7 Å². The van der Waals surface area contributed by atoms with E-state index in [0.29, 0.717) is 18.6 Å². The summed E-state index contributed by atoms with van der Waals surface area (Å²) in [7, 11) is 0. The largest absolute Gasteiger partial charge is 0.396 e. The van der Waals surface area contributed by atoms with Crippen LogP contribution in [-0.2, 0) is 6.42 Å². The minimum atomic E-state index is 0.343. The second-order valence-electron chi connectivity index (χ2n) is 8.41. The molecule has 4 heteroatoms. The smallest absolute Gasteiger partial charge is 0.129 e. The summed E-state index contributed by atoms with van der Waals surface area (Å²) in [6.07, 6.45) is 5.89. The van der Waals surface area contributed by atoms with Crippen LogP contribution in [0.4, 0.5) is 5.82 Å². The maximum Gasteiger partial charge on any atom is 0.129 e. The highest BCUT2D eigenvalue weighted by Crippen LogP contribution is 2.28. The van der Waals surface area contributed by atoms with Crippen LogP contribution in [0.15, 0.2) is 24.3 Å². The summed E-state index contributed by atoms with van der Waals surface area (Å²) in [6.45, 7) is 9.19. The number of rotatable bonds is 4. The number of likely N-dealkylation sites (tertiary alicyclic amines) is 1. The molecule has 1 N–H and O–H groups in total. The van der Waals surface area contributed by atoms with Crippen molar-refractivity contribution in [3.63, 3.8) is 0 Å². The molecule has 2 aliphatic rings. The summed E-state index contributed by atoms with van der Waals surface area (Å²) < 4.78 is 0. The molecule has 0 amide bonds. The molecule has 0 radical (unpaired) electrons. The first kappa shape index (κ1) is 18.7. The number of hydrogen-bond acceptors (Lipinski definition) is 4. The molecule has 2 aromatic rings. The van der Waals surface area contributed by atoms with Gasteiger partial charge in [-0.05, 0) is 80.8 Å². The maximum absolute atomic E-state index is 9.50. The summed E-state index contributed by atoms with van der Waals surface area (Å²) in [5, 5.41) is 10.8.